The summed E-state index contributed by atoms with van der Waals surface area (Å²) in [7, 11) is 0. The molecule has 0 aromatic heterocycles. The summed E-state index contributed by atoms with van der Waals surface area (Å²) in [5, 5.41) is 19.5. The molecule has 0 heterocycles. The summed E-state index contributed by atoms with van der Waals surface area (Å²) in [5.74, 6) is -2.23. The average molecular weight is 275 g/mol. The zero-order valence-electron chi connectivity index (χ0n) is 9.21. The van der Waals surface area contributed by atoms with Crippen LogP contribution in [0.2, 0.25) is 0 Å². The summed E-state index contributed by atoms with van der Waals surface area (Å²) in [6.07, 6.45) is -0.651. The number of alkyl halides is 2. The Balaban J connectivity index is 3.47. The van der Waals surface area contributed by atoms with Gasteiger partial charge in [-0.1, -0.05) is 0 Å². The van der Waals surface area contributed by atoms with Gasteiger partial charge in [0, 0.05) is 5.56 Å². The fourth-order valence-corrected chi connectivity index (χ4v) is 1.47. The monoisotopic (exact) mass is 275 g/mol. The van der Waals surface area contributed by atoms with Crippen molar-refractivity contribution >= 4 is 17.9 Å². The van der Waals surface area contributed by atoms with E-state index in [1.807, 2.05) is 0 Å². The Morgan fingerprint density at radius 1 is 1.53 bits per heavy atom. The molecule has 0 saturated heterocycles. The van der Waals surface area contributed by atoms with Crippen LogP contribution in [-0.4, -0.2) is 28.9 Å². The van der Waals surface area contributed by atoms with E-state index in [2.05, 4.69) is 4.74 Å². The van der Waals surface area contributed by atoms with Crippen molar-refractivity contribution in [3.8, 4) is 5.75 Å². The Kier molecular flexibility index (Phi) is 4.46. The third kappa shape index (κ3) is 3.44. The Morgan fingerprint density at radius 2 is 2.16 bits per heavy atom. The molecule has 0 atom stereocenters. The second kappa shape index (κ2) is 5.85. The summed E-state index contributed by atoms with van der Waals surface area (Å²) in [5.41, 5.74) is -1.70. The molecule has 19 heavy (non-hydrogen) atoms. The number of nitro benzene ring substituents is 1. The van der Waals surface area contributed by atoms with Crippen LogP contribution in [0.5, 0.6) is 5.75 Å². The second-order valence-corrected chi connectivity index (χ2v) is 3.30. The standard InChI is InChI=1S/C10H7F2NO6/c11-10(12)19-7-2-1-5(4-14)6(3-8(15)16)9(7)13(17)18/h1-2,4,10H,3H2,(H,15,16). The number of halogens is 2. The van der Waals surface area contributed by atoms with Gasteiger partial charge in [-0.3, -0.25) is 19.7 Å². The van der Waals surface area contributed by atoms with E-state index >= 15 is 0 Å². The number of hydrogen-bond donors (Lipinski definition) is 1. The SMILES string of the molecule is O=Cc1ccc(OC(F)F)c([N+](=O)[O-])c1CC(=O)O. The van der Waals surface area contributed by atoms with E-state index in [0.29, 0.717) is 0 Å². The first-order valence-corrected chi connectivity index (χ1v) is 4.78. The molecule has 0 bridgehead atoms. The van der Waals surface area contributed by atoms with Gasteiger partial charge in [-0.2, -0.15) is 8.78 Å². The lowest BCUT2D eigenvalue weighted by molar-refractivity contribution is -0.387. The highest BCUT2D eigenvalue weighted by atomic mass is 19.3. The molecule has 0 unspecified atom stereocenters. The van der Waals surface area contributed by atoms with E-state index in [1.54, 1.807) is 0 Å². The van der Waals surface area contributed by atoms with Crippen molar-refractivity contribution in [1.29, 1.82) is 0 Å². The molecule has 0 radical (unpaired) electrons. The smallest absolute Gasteiger partial charge is 0.387 e. The van der Waals surface area contributed by atoms with Crippen molar-refractivity contribution in [2.45, 2.75) is 13.0 Å². The van der Waals surface area contributed by atoms with Crippen LogP contribution >= 0.6 is 0 Å². The summed E-state index contributed by atoms with van der Waals surface area (Å²) < 4.78 is 28.2. The Bertz CT molecular complexity index is 531. The van der Waals surface area contributed by atoms with Gasteiger partial charge in [-0.15, -0.1) is 0 Å². The van der Waals surface area contributed by atoms with Crippen LogP contribution in [0.4, 0.5) is 14.5 Å². The topological polar surface area (TPSA) is 107 Å². The van der Waals surface area contributed by atoms with Crippen LogP contribution in [0.15, 0.2) is 12.1 Å². The summed E-state index contributed by atoms with van der Waals surface area (Å²) in [4.78, 5) is 31.1. The number of carboxylic acid groups (broad SMARTS) is 1. The summed E-state index contributed by atoms with van der Waals surface area (Å²) in [6, 6.07) is 1.80. The predicted molar refractivity (Wildman–Crippen MR) is 56.5 cm³/mol. The number of aldehydes is 1. The van der Waals surface area contributed by atoms with Gasteiger partial charge in [-0.05, 0) is 12.1 Å². The van der Waals surface area contributed by atoms with Crippen LogP contribution in [0.25, 0.3) is 0 Å². The van der Waals surface area contributed by atoms with Crippen LogP contribution < -0.4 is 4.74 Å². The maximum absolute atomic E-state index is 12.1. The number of ether oxygens (including phenoxy) is 1. The molecule has 0 fully saturated rings. The first-order chi connectivity index (χ1) is 8.86. The molecule has 0 aliphatic rings. The minimum Gasteiger partial charge on any atom is -0.481 e. The van der Waals surface area contributed by atoms with E-state index in [1.165, 1.54) is 0 Å². The Hall–Kier alpha value is -2.58. The van der Waals surface area contributed by atoms with Crippen molar-refractivity contribution in [3.63, 3.8) is 0 Å². The average Bonchev–Trinajstić information content (AvgIpc) is 2.27. The number of carbonyl (C=O) groups excluding carboxylic acids is 1. The first kappa shape index (κ1) is 14.5. The molecular weight excluding hydrogens is 268 g/mol. The molecule has 9 heteroatoms. The molecule has 0 aliphatic heterocycles. The van der Waals surface area contributed by atoms with E-state index < -0.39 is 40.9 Å². The van der Waals surface area contributed by atoms with Gasteiger partial charge in [0.2, 0.25) is 5.75 Å². The Labute approximate surface area is 104 Å². The van der Waals surface area contributed by atoms with Crippen molar-refractivity contribution < 1.29 is 33.1 Å². The van der Waals surface area contributed by atoms with E-state index in [9.17, 15) is 28.5 Å². The number of carboxylic acids is 1. The van der Waals surface area contributed by atoms with Gasteiger partial charge in [-0.25, -0.2) is 0 Å². The maximum atomic E-state index is 12.1. The third-order valence-corrected chi connectivity index (χ3v) is 2.14. The second-order valence-electron chi connectivity index (χ2n) is 3.30. The maximum Gasteiger partial charge on any atom is 0.387 e. The number of benzene rings is 1. The number of carbonyl (C=O) groups is 2. The van der Waals surface area contributed by atoms with Gasteiger partial charge >= 0.3 is 18.3 Å². The highest BCUT2D eigenvalue weighted by Gasteiger charge is 2.27. The van der Waals surface area contributed by atoms with Crippen LogP contribution in [0.3, 0.4) is 0 Å². The molecule has 0 amide bonds. The lowest BCUT2D eigenvalue weighted by Gasteiger charge is -2.09. The normalized spacial score (nSPS) is 10.3. The van der Waals surface area contributed by atoms with Crippen LogP contribution in [-0.2, 0) is 11.2 Å². The lowest BCUT2D eigenvalue weighted by atomic mass is 10.0. The Morgan fingerprint density at radius 3 is 2.58 bits per heavy atom. The van der Waals surface area contributed by atoms with Gasteiger partial charge < -0.3 is 9.84 Å². The number of hydrogen-bond acceptors (Lipinski definition) is 5. The van der Waals surface area contributed by atoms with Gasteiger partial charge in [0.25, 0.3) is 0 Å². The van der Waals surface area contributed by atoms with Crippen molar-refractivity contribution in [3.05, 3.63) is 33.4 Å². The van der Waals surface area contributed by atoms with E-state index in [0.717, 1.165) is 12.1 Å². The van der Waals surface area contributed by atoms with Gasteiger partial charge in [0.15, 0.2) is 6.29 Å². The zero-order chi connectivity index (χ0) is 14.6. The van der Waals surface area contributed by atoms with E-state index in [4.69, 9.17) is 5.11 Å². The van der Waals surface area contributed by atoms with Crippen LogP contribution in [0, 0.1) is 10.1 Å². The number of nitrogens with zero attached hydrogens (tertiary/aromatic N) is 1. The van der Waals surface area contributed by atoms with E-state index in [-0.39, 0.29) is 11.8 Å². The highest BCUT2D eigenvalue weighted by Crippen LogP contribution is 2.34. The van der Waals surface area contributed by atoms with Crippen molar-refractivity contribution in [2.24, 2.45) is 0 Å². The predicted octanol–water partition coefficient (Wildman–Crippen LogP) is 1.64. The molecule has 1 N–H and O–H groups in total. The molecule has 7 nitrogen and oxygen atoms in total. The molecule has 1 aromatic carbocycles. The minimum absolute atomic E-state index is 0.206. The molecule has 0 spiro atoms. The molecule has 102 valence electrons. The number of nitro groups is 1. The quantitative estimate of drug-likeness (QED) is 0.480. The van der Waals surface area contributed by atoms with Crippen molar-refractivity contribution in [2.75, 3.05) is 0 Å². The fraction of sp³-hybridized carbons (Fsp3) is 0.200. The molecule has 1 aromatic rings. The number of aliphatic carboxylic acids is 1. The van der Waals surface area contributed by atoms with Gasteiger partial charge in [0.1, 0.15) is 0 Å². The first-order valence-electron chi connectivity index (χ1n) is 4.78. The van der Waals surface area contributed by atoms with Gasteiger partial charge in [0.05, 0.1) is 16.9 Å². The highest BCUT2D eigenvalue weighted by molar-refractivity contribution is 5.85. The fourth-order valence-electron chi connectivity index (χ4n) is 1.47. The lowest BCUT2D eigenvalue weighted by Crippen LogP contribution is -2.10. The molecule has 1 rings (SSSR count). The summed E-state index contributed by atoms with van der Waals surface area (Å²) in [6.45, 7) is -3.31. The largest absolute Gasteiger partial charge is 0.481 e. The minimum atomic E-state index is -3.31. The summed E-state index contributed by atoms with van der Waals surface area (Å²) >= 11 is 0. The van der Waals surface area contributed by atoms with Crippen LogP contribution in [0.1, 0.15) is 15.9 Å². The molecule has 0 aliphatic carbocycles. The van der Waals surface area contributed by atoms with Crippen molar-refractivity contribution in [1.82, 2.24) is 0 Å². The number of rotatable bonds is 6. The molecule has 0 saturated carbocycles. The third-order valence-electron chi connectivity index (χ3n) is 2.14. The zero-order valence-corrected chi connectivity index (χ0v) is 9.21. The molecular formula is C10H7F2NO6.